The molecule has 3 amide bonds. The Morgan fingerprint density at radius 2 is 1.81 bits per heavy atom. The topological polar surface area (TPSA) is 167 Å². The number of hydrogen-bond acceptors (Lipinski definition) is 10. The van der Waals surface area contributed by atoms with Gasteiger partial charge in [0.15, 0.2) is 12.4 Å². The number of alkyl halides is 3. The van der Waals surface area contributed by atoms with Crippen LogP contribution in [0.2, 0.25) is 0 Å². The summed E-state index contributed by atoms with van der Waals surface area (Å²) in [6.07, 6.45) is -1.10. The number of ether oxygens (including phenoxy) is 4. The minimum Gasteiger partial charge on any atom is -0.491 e. The average molecular weight is 718 g/mol. The highest BCUT2D eigenvalue weighted by molar-refractivity contribution is 6.10. The van der Waals surface area contributed by atoms with Gasteiger partial charge in [0.05, 0.1) is 42.6 Å². The first-order valence-electron chi connectivity index (χ1n) is 16.2. The van der Waals surface area contributed by atoms with Crippen molar-refractivity contribution in [2.24, 2.45) is 0 Å². The Kier molecular flexibility index (Phi) is 9.63. The largest absolute Gasteiger partial charge is 0.573 e. The summed E-state index contributed by atoms with van der Waals surface area (Å²) in [6.45, 7) is 0.831. The molecule has 13 nitrogen and oxygen atoms in total. The number of aromatic amines is 1. The molecule has 4 heterocycles. The number of benzene rings is 3. The standard InChI is InChI=1S/C36H30F3N5O8/c37-36(38,39)52-22-3-7-27-29(16-22)43-34(42-27)28-8-4-23(17-41-28)50-19-32(46)40-11-12-48-13-14-49-21-2-5-24-20(15-21)1-9-30-33(24)26(18-51-30)25-6-10-31(45)44-35(25)47/h1-5,7-9,15-18,25H,6,10-14,19H2,(H,40,46)(H,42,43)(H,44,45,47). The molecule has 1 aliphatic rings. The first kappa shape index (κ1) is 34.3. The number of pyridine rings is 1. The molecule has 7 rings (SSSR count). The lowest BCUT2D eigenvalue weighted by Crippen LogP contribution is -2.39. The van der Waals surface area contributed by atoms with E-state index in [0.29, 0.717) is 46.1 Å². The summed E-state index contributed by atoms with van der Waals surface area (Å²) >= 11 is 0. The number of fused-ring (bicyclic) bond motifs is 4. The Hall–Kier alpha value is -6.16. The van der Waals surface area contributed by atoms with Crippen LogP contribution in [0.15, 0.2) is 77.5 Å². The molecule has 0 radical (unpaired) electrons. The molecule has 1 aliphatic heterocycles. The number of imidazole rings is 1. The van der Waals surface area contributed by atoms with E-state index in [2.05, 4.69) is 30.3 Å². The van der Waals surface area contributed by atoms with Gasteiger partial charge in [-0.2, -0.15) is 0 Å². The Balaban J connectivity index is 0.820. The maximum Gasteiger partial charge on any atom is 0.573 e. The number of piperidine rings is 1. The predicted octanol–water partition coefficient (Wildman–Crippen LogP) is 5.53. The maximum atomic E-state index is 12.5. The van der Waals surface area contributed by atoms with E-state index >= 15 is 0 Å². The first-order chi connectivity index (χ1) is 25.1. The number of furan rings is 1. The van der Waals surface area contributed by atoms with Crippen LogP contribution in [0.25, 0.3) is 44.3 Å². The molecule has 6 aromatic rings. The second-order valence-electron chi connectivity index (χ2n) is 11.8. The molecule has 1 fully saturated rings. The molecule has 16 heteroatoms. The summed E-state index contributed by atoms with van der Waals surface area (Å²) in [6, 6.07) is 16.4. The molecule has 268 valence electrons. The van der Waals surface area contributed by atoms with Gasteiger partial charge in [-0.25, -0.2) is 9.97 Å². The van der Waals surface area contributed by atoms with Crippen molar-refractivity contribution in [3.8, 4) is 28.8 Å². The van der Waals surface area contributed by atoms with Crippen molar-refractivity contribution in [3.63, 3.8) is 0 Å². The zero-order valence-electron chi connectivity index (χ0n) is 27.2. The highest BCUT2D eigenvalue weighted by Crippen LogP contribution is 2.38. The van der Waals surface area contributed by atoms with E-state index in [0.717, 1.165) is 21.7 Å². The van der Waals surface area contributed by atoms with E-state index in [-0.39, 0.29) is 62.9 Å². The Bertz CT molecular complexity index is 2270. The van der Waals surface area contributed by atoms with Crippen molar-refractivity contribution >= 4 is 50.5 Å². The van der Waals surface area contributed by atoms with E-state index < -0.39 is 12.3 Å². The molecular formula is C36H30F3N5O8. The van der Waals surface area contributed by atoms with Gasteiger partial charge in [0.25, 0.3) is 5.91 Å². The number of halogens is 3. The van der Waals surface area contributed by atoms with E-state index in [1.165, 1.54) is 24.4 Å². The number of nitrogens with one attached hydrogen (secondary N) is 3. The van der Waals surface area contributed by atoms with E-state index in [4.69, 9.17) is 18.6 Å². The van der Waals surface area contributed by atoms with Crippen LogP contribution >= 0.6 is 0 Å². The third-order valence-electron chi connectivity index (χ3n) is 8.27. The highest BCUT2D eigenvalue weighted by atomic mass is 19.4. The van der Waals surface area contributed by atoms with E-state index in [9.17, 15) is 27.6 Å². The molecular weight excluding hydrogens is 687 g/mol. The predicted molar refractivity (Wildman–Crippen MR) is 180 cm³/mol. The average Bonchev–Trinajstić information content (AvgIpc) is 3.74. The van der Waals surface area contributed by atoms with Gasteiger partial charge in [0.2, 0.25) is 11.8 Å². The number of H-pyrrole nitrogens is 1. The number of hydrogen-bond donors (Lipinski definition) is 3. The Morgan fingerprint density at radius 3 is 2.62 bits per heavy atom. The lowest BCUT2D eigenvalue weighted by molar-refractivity contribution is -0.274. The fraction of sp³-hybridized carbons (Fsp3) is 0.250. The third kappa shape index (κ3) is 7.91. The number of amides is 3. The molecule has 3 N–H and O–H groups in total. The van der Waals surface area contributed by atoms with Gasteiger partial charge < -0.3 is 33.7 Å². The van der Waals surface area contributed by atoms with Crippen molar-refractivity contribution in [1.29, 1.82) is 0 Å². The molecule has 3 aromatic heterocycles. The van der Waals surface area contributed by atoms with Gasteiger partial charge >= 0.3 is 6.36 Å². The Morgan fingerprint density at radius 1 is 0.962 bits per heavy atom. The minimum atomic E-state index is -4.80. The summed E-state index contributed by atoms with van der Waals surface area (Å²) in [5.41, 5.74) is 2.61. The highest BCUT2D eigenvalue weighted by Gasteiger charge is 2.32. The SMILES string of the molecule is O=C(COc1ccc(-c2nc3ccc(OC(F)(F)F)cc3[nH]2)nc1)NCCOCCOc1ccc2c(ccc3occ(C4CCC(=O)NC4=O)c32)c1. The quantitative estimate of drug-likeness (QED) is 0.102. The molecule has 0 aliphatic carbocycles. The Labute approximate surface area is 292 Å². The van der Waals surface area contributed by atoms with Crippen LogP contribution in [0.5, 0.6) is 17.2 Å². The van der Waals surface area contributed by atoms with Crippen LogP contribution in [-0.2, 0) is 19.1 Å². The fourth-order valence-corrected chi connectivity index (χ4v) is 5.90. The molecule has 3 aromatic carbocycles. The molecule has 1 atom stereocenters. The number of rotatable bonds is 13. The number of carbonyl (C=O) groups excluding carboxylic acids is 3. The zero-order chi connectivity index (χ0) is 36.2. The lowest BCUT2D eigenvalue weighted by Gasteiger charge is -2.20. The molecule has 1 unspecified atom stereocenters. The van der Waals surface area contributed by atoms with Gasteiger partial charge in [0.1, 0.15) is 35.1 Å². The van der Waals surface area contributed by atoms with Crippen LogP contribution in [0.3, 0.4) is 0 Å². The van der Waals surface area contributed by atoms with Crippen LogP contribution in [0, 0.1) is 0 Å². The summed E-state index contributed by atoms with van der Waals surface area (Å²) in [5.74, 6) is -0.467. The van der Waals surface area contributed by atoms with Crippen molar-refractivity contribution in [1.82, 2.24) is 25.6 Å². The number of aromatic nitrogens is 3. The van der Waals surface area contributed by atoms with Gasteiger partial charge in [-0.15, -0.1) is 13.2 Å². The second-order valence-corrected chi connectivity index (χ2v) is 11.8. The zero-order valence-corrected chi connectivity index (χ0v) is 27.2. The van der Waals surface area contributed by atoms with Gasteiger partial charge in [0, 0.05) is 30.0 Å². The molecule has 0 spiro atoms. The fourth-order valence-electron chi connectivity index (χ4n) is 5.90. The van der Waals surface area contributed by atoms with Crippen LogP contribution < -0.4 is 24.8 Å². The van der Waals surface area contributed by atoms with Crippen molar-refractivity contribution < 1.29 is 50.9 Å². The molecule has 52 heavy (non-hydrogen) atoms. The smallest absolute Gasteiger partial charge is 0.491 e. The normalized spacial score (nSPS) is 14.9. The lowest BCUT2D eigenvalue weighted by atomic mass is 9.89. The van der Waals surface area contributed by atoms with Gasteiger partial charge in [-0.1, -0.05) is 6.07 Å². The second kappa shape index (κ2) is 14.6. The minimum absolute atomic E-state index is 0.251. The van der Waals surface area contributed by atoms with Gasteiger partial charge in [-0.05, 0) is 65.7 Å². The van der Waals surface area contributed by atoms with Gasteiger partial charge in [-0.3, -0.25) is 19.7 Å². The molecule has 1 saturated heterocycles. The summed E-state index contributed by atoms with van der Waals surface area (Å²) in [4.78, 5) is 47.9. The van der Waals surface area contributed by atoms with Crippen molar-refractivity contribution in [2.75, 3.05) is 33.0 Å². The number of imide groups is 1. The number of carbonyl (C=O) groups is 3. The van der Waals surface area contributed by atoms with Crippen molar-refractivity contribution in [3.05, 3.63) is 78.7 Å². The third-order valence-corrected chi connectivity index (χ3v) is 8.27. The first-order valence-corrected chi connectivity index (χ1v) is 16.2. The van der Waals surface area contributed by atoms with Crippen molar-refractivity contribution in [2.45, 2.75) is 25.1 Å². The number of nitrogens with zero attached hydrogens (tertiary/aromatic N) is 2. The van der Waals surface area contributed by atoms with Crippen LogP contribution in [-0.4, -0.2) is 72.0 Å². The monoisotopic (exact) mass is 717 g/mol. The van der Waals surface area contributed by atoms with Crippen LogP contribution in [0.1, 0.15) is 24.3 Å². The summed E-state index contributed by atoms with van der Waals surface area (Å²) < 4.78 is 64.2. The summed E-state index contributed by atoms with van der Waals surface area (Å²) in [7, 11) is 0. The molecule has 0 saturated carbocycles. The van der Waals surface area contributed by atoms with E-state index in [1.807, 2.05) is 30.3 Å². The summed E-state index contributed by atoms with van der Waals surface area (Å²) in [5, 5.41) is 7.77. The maximum absolute atomic E-state index is 12.5. The van der Waals surface area contributed by atoms with Crippen LogP contribution in [0.4, 0.5) is 13.2 Å². The van der Waals surface area contributed by atoms with E-state index in [1.54, 1.807) is 18.4 Å². The molecule has 0 bridgehead atoms.